The van der Waals surface area contributed by atoms with E-state index in [4.69, 9.17) is 39.3 Å². The van der Waals surface area contributed by atoms with Gasteiger partial charge >= 0.3 is 5.97 Å². The van der Waals surface area contributed by atoms with Gasteiger partial charge in [0.25, 0.3) is 5.91 Å². The topological polar surface area (TPSA) is 154 Å². The predicted molar refractivity (Wildman–Crippen MR) is 234 cm³/mol. The smallest absolute Gasteiger partial charge is 0.335 e. The van der Waals surface area contributed by atoms with Gasteiger partial charge in [-0.1, -0.05) is 87.4 Å². The minimum atomic E-state index is -1.04. The molecule has 2 unspecified atom stereocenters. The molecule has 0 aliphatic carbocycles. The second kappa shape index (κ2) is 27.2. The van der Waals surface area contributed by atoms with Crippen molar-refractivity contribution in [3.63, 3.8) is 0 Å². The molecule has 4 aromatic carbocycles. The molecule has 0 aromatic heterocycles. The number of likely N-dealkylation sites (N-methyl/N-ethyl adjacent to an activating group) is 2. The number of rotatable bonds is 21. The number of hydrogen-bond acceptors (Lipinski definition) is 11. The fourth-order valence-corrected chi connectivity index (χ4v) is 5.82. The number of nitrogens with zero attached hydrogens (tertiary/aromatic N) is 2. The zero-order valence-corrected chi connectivity index (χ0v) is 36.6. The predicted octanol–water partition coefficient (Wildman–Crippen LogP) is 7.74. The number of carboxylic acid groups (broad SMARTS) is 1. The third-order valence-corrected chi connectivity index (χ3v) is 9.21. The molecule has 13 nitrogen and oxygen atoms in total. The number of ether oxygens (including phenoxy) is 6. The lowest BCUT2D eigenvalue weighted by Gasteiger charge is -2.25. The summed E-state index contributed by atoms with van der Waals surface area (Å²) >= 11 is 0. The van der Waals surface area contributed by atoms with Gasteiger partial charge in [0.2, 0.25) is 11.5 Å². The Morgan fingerprint density at radius 1 is 0.627 bits per heavy atom. The normalized spacial score (nSPS) is 11.5. The number of aromatic carboxylic acids is 1. The van der Waals surface area contributed by atoms with E-state index in [1.807, 2.05) is 64.6 Å². The van der Waals surface area contributed by atoms with E-state index in [0.717, 1.165) is 31.2 Å². The molecule has 0 saturated heterocycles. The van der Waals surface area contributed by atoms with Crippen molar-refractivity contribution in [3.8, 4) is 34.5 Å². The second-order valence-corrected chi connectivity index (χ2v) is 13.9. The summed E-state index contributed by atoms with van der Waals surface area (Å²) in [4.78, 5) is 28.0. The minimum absolute atomic E-state index is 0.0700. The van der Waals surface area contributed by atoms with Crippen LogP contribution >= 0.6 is 0 Å². The Morgan fingerprint density at radius 2 is 1.00 bits per heavy atom. The fraction of sp³-hybridized carbons (Fsp3) is 0.435. The van der Waals surface area contributed by atoms with Gasteiger partial charge in [-0.05, 0) is 76.4 Å². The number of unbranched alkanes of at least 4 members (excludes halogenated alkanes) is 2. The van der Waals surface area contributed by atoms with E-state index in [2.05, 4.69) is 53.2 Å². The van der Waals surface area contributed by atoms with Crippen LogP contribution in [0.3, 0.4) is 0 Å². The lowest BCUT2D eigenvalue weighted by molar-refractivity contribution is 0.0695. The summed E-state index contributed by atoms with van der Waals surface area (Å²) < 4.78 is 32.6. The molecule has 0 heterocycles. The van der Waals surface area contributed by atoms with Gasteiger partial charge < -0.3 is 54.4 Å². The summed E-state index contributed by atoms with van der Waals surface area (Å²) in [6.45, 7) is 6.41. The molecule has 2 atom stereocenters. The summed E-state index contributed by atoms with van der Waals surface area (Å²) in [7, 11) is 14.1. The molecular formula is C46H66N4O9. The molecule has 0 saturated carbocycles. The zero-order chi connectivity index (χ0) is 43.7. The molecule has 0 aliphatic rings. The maximum absolute atomic E-state index is 12.8. The SMILES string of the molecule is CCCCOc1c(OC)cc(C(=O)NCC(c2ccccc2)N(C)C)cc1OC.CCCCOc1c(OC)cc(C(=O)O)cc1OC.CN(C)C(CN)c1ccccc1. The maximum atomic E-state index is 12.8. The monoisotopic (exact) mass is 818 g/mol. The lowest BCUT2D eigenvalue weighted by Crippen LogP contribution is -2.34. The highest BCUT2D eigenvalue weighted by atomic mass is 16.5. The van der Waals surface area contributed by atoms with Crippen LogP contribution in [-0.2, 0) is 0 Å². The van der Waals surface area contributed by atoms with Crippen LogP contribution in [0.4, 0.5) is 0 Å². The molecule has 0 bridgehead atoms. The molecular weight excluding hydrogens is 753 g/mol. The van der Waals surface area contributed by atoms with Crippen LogP contribution in [0, 0.1) is 0 Å². The molecule has 324 valence electrons. The van der Waals surface area contributed by atoms with Crippen molar-refractivity contribution in [3.05, 3.63) is 107 Å². The molecule has 13 heteroatoms. The van der Waals surface area contributed by atoms with E-state index in [1.54, 1.807) is 26.4 Å². The average molecular weight is 819 g/mol. The number of benzene rings is 4. The molecule has 0 radical (unpaired) electrons. The number of methoxy groups -OCH3 is 4. The van der Waals surface area contributed by atoms with Crippen molar-refractivity contribution in [2.75, 3.05) is 82.9 Å². The Labute approximate surface area is 351 Å². The Bertz CT molecular complexity index is 1760. The Balaban J connectivity index is 0.000000339. The van der Waals surface area contributed by atoms with Crippen LogP contribution in [0.5, 0.6) is 34.5 Å². The third kappa shape index (κ3) is 16.0. The molecule has 4 aromatic rings. The van der Waals surface area contributed by atoms with Crippen LogP contribution in [0.15, 0.2) is 84.9 Å². The Hall–Kier alpha value is -5.50. The molecule has 0 fully saturated rings. The van der Waals surface area contributed by atoms with Gasteiger partial charge in [-0.25, -0.2) is 4.79 Å². The number of amides is 1. The summed E-state index contributed by atoms with van der Waals surface area (Å²) in [6.07, 6.45) is 3.88. The first-order valence-electron chi connectivity index (χ1n) is 19.8. The van der Waals surface area contributed by atoms with E-state index >= 15 is 0 Å². The van der Waals surface area contributed by atoms with Gasteiger partial charge in [0.1, 0.15) is 0 Å². The van der Waals surface area contributed by atoms with Crippen LogP contribution in [0.25, 0.3) is 0 Å². The number of carbonyl (C=O) groups excluding carboxylic acids is 1. The van der Waals surface area contributed by atoms with E-state index in [1.165, 1.54) is 31.9 Å². The highest BCUT2D eigenvalue weighted by Gasteiger charge is 2.21. The summed E-state index contributed by atoms with van der Waals surface area (Å²) in [5, 5.41) is 12.0. The van der Waals surface area contributed by atoms with E-state index in [9.17, 15) is 9.59 Å². The molecule has 0 aliphatic heterocycles. The third-order valence-electron chi connectivity index (χ3n) is 9.21. The summed E-state index contributed by atoms with van der Waals surface area (Å²) in [5.41, 5.74) is 8.66. The van der Waals surface area contributed by atoms with Gasteiger partial charge in [-0.15, -0.1) is 0 Å². The molecule has 59 heavy (non-hydrogen) atoms. The number of nitrogens with one attached hydrogen (secondary N) is 1. The standard InChI is InChI=1S/C23H32N2O4.C13H18O5.C10H16N2/c1-6-7-13-29-22-20(27-4)14-18(15-21(22)28-5)23(26)24-16-19(25(2)3)17-11-9-8-10-12-17;1-4-5-6-18-12-10(16-2)7-9(13(14)15)8-11(12)17-3;1-12(2)10(8-11)9-6-4-3-5-7-9/h8-12,14-15,19H,6-7,13,16H2,1-5H3,(H,24,26);7-8H,4-6H2,1-3H3,(H,14,15);3-7,10H,8,11H2,1-2H3. The average Bonchev–Trinajstić information content (AvgIpc) is 3.24. The Kier molecular flexibility index (Phi) is 22.9. The van der Waals surface area contributed by atoms with Gasteiger partial charge in [0.05, 0.1) is 53.3 Å². The first-order valence-corrected chi connectivity index (χ1v) is 19.8. The molecule has 4 rings (SSSR count). The van der Waals surface area contributed by atoms with E-state index in [0.29, 0.717) is 72.4 Å². The first-order chi connectivity index (χ1) is 28.4. The zero-order valence-electron chi connectivity index (χ0n) is 36.6. The van der Waals surface area contributed by atoms with Gasteiger partial charge in [-0.2, -0.15) is 0 Å². The number of nitrogens with two attached hydrogens (primary N) is 1. The van der Waals surface area contributed by atoms with Gasteiger partial charge in [0, 0.05) is 24.7 Å². The second-order valence-electron chi connectivity index (χ2n) is 13.9. The Morgan fingerprint density at radius 3 is 1.32 bits per heavy atom. The van der Waals surface area contributed by atoms with Crippen LogP contribution in [0.1, 0.15) is 83.5 Å². The van der Waals surface area contributed by atoms with Crippen LogP contribution in [0.2, 0.25) is 0 Å². The summed E-state index contributed by atoms with van der Waals surface area (Å²) in [6, 6.07) is 27.1. The van der Waals surface area contributed by atoms with Crippen molar-refractivity contribution < 1.29 is 43.1 Å². The van der Waals surface area contributed by atoms with Crippen molar-refractivity contribution in [1.29, 1.82) is 0 Å². The molecule has 1 amide bonds. The molecule has 0 spiro atoms. The van der Waals surface area contributed by atoms with Crippen LogP contribution in [-0.4, -0.2) is 110 Å². The van der Waals surface area contributed by atoms with E-state index in [-0.39, 0.29) is 17.5 Å². The van der Waals surface area contributed by atoms with E-state index < -0.39 is 5.97 Å². The van der Waals surface area contributed by atoms with Crippen molar-refractivity contribution in [2.45, 2.75) is 51.6 Å². The highest BCUT2D eigenvalue weighted by Crippen LogP contribution is 2.40. The van der Waals surface area contributed by atoms with Crippen molar-refractivity contribution >= 4 is 11.9 Å². The highest BCUT2D eigenvalue weighted by molar-refractivity contribution is 5.95. The molecule has 4 N–H and O–H groups in total. The number of hydrogen-bond donors (Lipinski definition) is 3. The van der Waals surface area contributed by atoms with Gasteiger partial charge in [-0.3, -0.25) is 4.79 Å². The largest absolute Gasteiger partial charge is 0.493 e. The number of carbonyl (C=O) groups is 2. The van der Waals surface area contributed by atoms with Crippen LogP contribution < -0.4 is 39.5 Å². The lowest BCUT2D eigenvalue weighted by atomic mass is 10.1. The summed E-state index contributed by atoms with van der Waals surface area (Å²) in [5.74, 6) is 1.44. The first kappa shape index (κ1) is 49.6. The maximum Gasteiger partial charge on any atom is 0.335 e. The number of carboxylic acids is 1. The minimum Gasteiger partial charge on any atom is -0.493 e. The van der Waals surface area contributed by atoms with Crippen molar-refractivity contribution in [1.82, 2.24) is 15.1 Å². The van der Waals surface area contributed by atoms with Crippen molar-refractivity contribution in [2.24, 2.45) is 5.73 Å². The quantitative estimate of drug-likeness (QED) is 0.0705. The fourth-order valence-electron chi connectivity index (χ4n) is 5.82. The van der Waals surface area contributed by atoms with Gasteiger partial charge in [0.15, 0.2) is 23.0 Å².